The van der Waals surface area contributed by atoms with E-state index in [1.807, 2.05) is 61.9 Å². The molecule has 3 aromatic rings. The average molecular weight is 313 g/mol. The van der Waals surface area contributed by atoms with Crippen LogP contribution in [-0.2, 0) is 0 Å². The maximum Gasteiger partial charge on any atom is 0.125 e. The second-order valence-electron chi connectivity index (χ2n) is 5.51. The Morgan fingerprint density at radius 3 is 2.27 bits per heavy atom. The third-order valence-electron chi connectivity index (χ3n) is 3.85. The van der Waals surface area contributed by atoms with E-state index in [1.54, 1.807) is 6.07 Å². The van der Waals surface area contributed by atoms with E-state index in [9.17, 15) is 5.11 Å². The van der Waals surface area contributed by atoms with Crippen molar-refractivity contribution in [1.82, 2.24) is 9.78 Å². The van der Waals surface area contributed by atoms with Crippen molar-refractivity contribution < 1.29 is 5.11 Å². The highest BCUT2D eigenvalue weighted by Gasteiger charge is 2.13. The van der Waals surface area contributed by atoms with Gasteiger partial charge in [-0.05, 0) is 74.4 Å². The van der Waals surface area contributed by atoms with Crippen molar-refractivity contribution in [2.24, 2.45) is 0 Å². The normalized spacial score (nSPS) is 10.9. The summed E-state index contributed by atoms with van der Waals surface area (Å²) in [5.74, 6) is 0.254. The van der Waals surface area contributed by atoms with E-state index >= 15 is 0 Å². The van der Waals surface area contributed by atoms with E-state index in [0.717, 1.165) is 33.8 Å². The molecule has 4 heteroatoms. The number of aryl methyl sites for hydroxylation is 3. The summed E-state index contributed by atoms with van der Waals surface area (Å²) in [4.78, 5) is 0. The van der Waals surface area contributed by atoms with Crippen LogP contribution in [0.15, 0.2) is 42.5 Å². The number of benzene rings is 2. The first kappa shape index (κ1) is 14.7. The lowest BCUT2D eigenvalue weighted by Gasteiger charge is -2.06. The molecule has 0 aliphatic rings. The number of phenolic OH excluding ortho intramolecular Hbond substituents is 1. The highest BCUT2D eigenvalue weighted by atomic mass is 35.5. The number of aromatic hydroxyl groups is 1. The summed E-state index contributed by atoms with van der Waals surface area (Å²) >= 11 is 5.93. The fourth-order valence-electron chi connectivity index (χ4n) is 2.46. The number of rotatable bonds is 2. The number of hydrogen-bond acceptors (Lipinski definition) is 2. The quantitative estimate of drug-likeness (QED) is 0.736. The molecule has 0 fully saturated rings. The van der Waals surface area contributed by atoms with Crippen LogP contribution >= 0.6 is 11.6 Å². The average Bonchev–Trinajstić information content (AvgIpc) is 2.85. The van der Waals surface area contributed by atoms with Gasteiger partial charge in [-0.15, -0.1) is 0 Å². The SMILES string of the molecule is Cc1cc(O)c(-c2cc(C)n(-c3ccc(Cl)cc3)n2)cc1C. The minimum Gasteiger partial charge on any atom is -0.507 e. The molecule has 0 radical (unpaired) electrons. The monoisotopic (exact) mass is 312 g/mol. The second-order valence-corrected chi connectivity index (χ2v) is 5.95. The van der Waals surface area contributed by atoms with Crippen molar-refractivity contribution in [3.63, 3.8) is 0 Å². The molecule has 0 saturated carbocycles. The minimum absolute atomic E-state index is 0.254. The van der Waals surface area contributed by atoms with Crippen molar-refractivity contribution in [2.45, 2.75) is 20.8 Å². The third-order valence-corrected chi connectivity index (χ3v) is 4.10. The van der Waals surface area contributed by atoms with Gasteiger partial charge in [0.2, 0.25) is 0 Å². The molecule has 0 unspecified atom stereocenters. The Morgan fingerprint density at radius 1 is 0.955 bits per heavy atom. The van der Waals surface area contributed by atoms with Crippen LogP contribution in [0.2, 0.25) is 5.02 Å². The second kappa shape index (κ2) is 5.50. The van der Waals surface area contributed by atoms with Crippen LogP contribution in [0.1, 0.15) is 16.8 Å². The first-order valence-electron chi connectivity index (χ1n) is 7.09. The van der Waals surface area contributed by atoms with E-state index in [4.69, 9.17) is 11.6 Å². The summed E-state index contributed by atoms with van der Waals surface area (Å²) in [7, 11) is 0. The highest BCUT2D eigenvalue weighted by Crippen LogP contribution is 2.32. The van der Waals surface area contributed by atoms with E-state index in [2.05, 4.69) is 5.10 Å². The molecule has 1 heterocycles. The topological polar surface area (TPSA) is 38.0 Å². The van der Waals surface area contributed by atoms with Gasteiger partial charge >= 0.3 is 0 Å². The van der Waals surface area contributed by atoms with Crippen molar-refractivity contribution in [1.29, 1.82) is 0 Å². The molecule has 0 atom stereocenters. The number of phenols is 1. The van der Waals surface area contributed by atoms with Crippen LogP contribution in [0.4, 0.5) is 0 Å². The van der Waals surface area contributed by atoms with Gasteiger partial charge in [-0.3, -0.25) is 0 Å². The molecular weight excluding hydrogens is 296 g/mol. The summed E-state index contributed by atoms with van der Waals surface area (Å²) in [6.07, 6.45) is 0. The smallest absolute Gasteiger partial charge is 0.125 e. The van der Waals surface area contributed by atoms with Crippen LogP contribution in [0.3, 0.4) is 0 Å². The van der Waals surface area contributed by atoms with Gasteiger partial charge in [0.25, 0.3) is 0 Å². The van der Waals surface area contributed by atoms with Gasteiger partial charge in [0.15, 0.2) is 0 Å². The van der Waals surface area contributed by atoms with Crippen molar-refractivity contribution in [3.05, 3.63) is 64.3 Å². The Labute approximate surface area is 134 Å². The van der Waals surface area contributed by atoms with Gasteiger partial charge in [0.1, 0.15) is 5.75 Å². The number of aromatic nitrogens is 2. The number of nitrogens with zero attached hydrogens (tertiary/aromatic N) is 2. The van der Waals surface area contributed by atoms with E-state index in [-0.39, 0.29) is 5.75 Å². The molecule has 2 aromatic carbocycles. The summed E-state index contributed by atoms with van der Waals surface area (Å²) < 4.78 is 1.85. The Bertz CT molecular complexity index is 835. The Balaban J connectivity index is 2.09. The lowest BCUT2D eigenvalue weighted by molar-refractivity contribution is 0.476. The molecule has 1 N–H and O–H groups in total. The van der Waals surface area contributed by atoms with Gasteiger partial charge in [0, 0.05) is 16.3 Å². The van der Waals surface area contributed by atoms with Crippen LogP contribution < -0.4 is 0 Å². The molecule has 0 amide bonds. The molecule has 0 saturated heterocycles. The summed E-state index contributed by atoms with van der Waals surface area (Å²) in [6, 6.07) is 13.2. The van der Waals surface area contributed by atoms with Crippen LogP contribution in [0.25, 0.3) is 16.9 Å². The van der Waals surface area contributed by atoms with Gasteiger partial charge in [-0.25, -0.2) is 4.68 Å². The zero-order valence-corrected chi connectivity index (χ0v) is 13.5. The molecule has 0 aliphatic carbocycles. The predicted octanol–water partition coefficient (Wildman–Crippen LogP) is 4.82. The summed E-state index contributed by atoms with van der Waals surface area (Å²) in [6.45, 7) is 6.00. The maximum absolute atomic E-state index is 10.2. The molecular formula is C18H17ClN2O. The molecule has 0 spiro atoms. The molecule has 0 aliphatic heterocycles. The van der Waals surface area contributed by atoms with E-state index in [0.29, 0.717) is 5.02 Å². The third kappa shape index (κ3) is 2.60. The van der Waals surface area contributed by atoms with Gasteiger partial charge in [-0.1, -0.05) is 11.6 Å². The first-order valence-corrected chi connectivity index (χ1v) is 7.46. The van der Waals surface area contributed by atoms with Crippen molar-refractivity contribution in [2.75, 3.05) is 0 Å². The maximum atomic E-state index is 10.2. The number of halogens is 1. The Hall–Kier alpha value is -2.26. The summed E-state index contributed by atoms with van der Waals surface area (Å²) in [5.41, 5.74) is 5.64. The Kier molecular flexibility index (Phi) is 3.67. The van der Waals surface area contributed by atoms with Crippen LogP contribution in [-0.4, -0.2) is 14.9 Å². The molecule has 22 heavy (non-hydrogen) atoms. The highest BCUT2D eigenvalue weighted by molar-refractivity contribution is 6.30. The standard InChI is InChI=1S/C18H17ClN2O/c1-11-8-16(18(22)9-12(11)2)17-10-13(3)21(20-17)15-6-4-14(19)5-7-15/h4-10,22H,1-3H3. The fourth-order valence-corrected chi connectivity index (χ4v) is 2.58. The lowest BCUT2D eigenvalue weighted by atomic mass is 10.0. The Morgan fingerprint density at radius 2 is 1.59 bits per heavy atom. The molecule has 3 nitrogen and oxygen atoms in total. The first-order chi connectivity index (χ1) is 10.5. The number of hydrogen-bond donors (Lipinski definition) is 1. The van der Waals surface area contributed by atoms with E-state index in [1.165, 1.54) is 0 Å². The molecule has 1 aromatic heterocycles. The fraction of sp³-hybridized carbons (Fsp3) is 0.167. The van der Waals surface area contributed by atoms with Gasteiger partial charge in [0.05, 0.1) is 11.4 Å². The largest absolute Gasteiger partial charge is 0.507 e. The molecule has 0 bridgehead atoms. The minimum atomic E-state index is 0.254. The van der Waals surface area contributed by atoms with Crippen molar-refractivity contribution >= 4 is 11.6 Å². The van der Waals surface area contributed by atoms with Crippen LogP contribution in [0.5, 0.6) is 5.75 Å². The van der Waals surface area contributed by atoms with E-state index < -0.39 is 0 Å². The zero-order valence-electron chi connectivity index (χ0n) is 12.8. The molecule has 3 rings (SSSR count). The van der Waals surface area contributed by atoms with Gasteiger partial charge < -0.3 is 5.11 Å². The zero-order chi connectivity index (χ0) is 15.9. The van der Waals surface area contributed by atoms with Crippen LogP contribution in [0, 0.1) is 20.8 Å². The van der Waals surface area contributed by atoms with Crippen molar-refractivity contribution in [3.8, 4) is 22.7 Å². The van der Waals surface area contributed by atoms with Gasteiger partial charge in [-0.2, -0.15) is 5.10 Å². The lowest BCUT2D eigenvalue weighted by Crippen LogP contribution is -1.98. The molecule has 112 valence electrons. The summed E-state index contributed by atoms with van der Waals surface area (Å²) in [5, 5.41) is 15.5. The predicted molar refractivity (Wildman–Crippen MR) is 89.9 cm³/mol.